The molecule has 1 heterocycles. The van der Waals surface area contributed by atoms with E-state index in [0.29, 0.717) is 35.9 Å². The first-order chi connectivity index (χ1) is 19.6. The summed E-state index contributed by atoms with van der Waals surface area (Å²) in [7, 11) is 10.1. The third-order valence-corrected chi connectivity index (χ3v) is 6.93. The molecule has 0 atom stereocenters. The smallest absolute Gasteiger partial charge is 0.295 e. The Morgan fingerprint density at radius 2 is 1.74 bits per heavy atom. The summed E-state index contributed by atoms with van der Waals surface area (Å²) in [6, 6.07) is 14.3. The van der Waals surface area contributed by atoms with Gasteiger partial charge in [0.1, 0.15) is 35.0 Å². The Bertz CT molecular complexity index is 1470. The number of likely N-dealkylation sites (N-methyl/N-ethyl adjacent to an activating group) is 1. The summed E-state index contributed by atoms with van der Waals surface area (Å²) < 4.78 is 9.21. The summed E-state index contributed by atoms with van der Waals surface area (Å²) in [6.07, 6.45) is 0.649. The second-order valence-corrected chi connectivity index (χ2v) is 12.9. The summed E-state index contributed by atoms with van der Waals surface area (Å²) in [5, 5.41) is 5.85. The lowest BCUT2D eigenvalue weighted by atomic mass is 9.49. The van der Waals surface area contributed by atoms with Gasteiger partial charge < -0.3 is 20.3 Å². The largest absolute Gasteiger partial charge is 0.493 e. The van der Waals surface area contributed by atoms with Gasteiger partial charge in [0.2, 0.25) is 5.91 Å². The van der Waals surface area contributed by atoms with Crippen molar-refractivity contribution in [3.05, 3.63) is 75.2 Å². The third-order valence-electron chi connectivity index (χ3n) is 6.70. The van der Waals surface area contributed by atoms with E-state index in [1.807, 2.05) is 98.3 Å². The number of aromatic nitrogens is 2. The van der Waals surface area contributed by atoms with Gasteiger partial charge in [0.15, 0.2) is 0 Å². The number of benzene rings is 2. The first kappa shape index (κ1) is 33.1. The predicted octanol–water partition coefficient (Wildman–Crippen LogP) is 1.05. The Kier molecular flexibility index (Phi) is 10.8. The molecule has 2 N–H and O–H groups in total. The first-order valence-electron chi connectivity index (χ1n) is 14.2. The number of carbonyl (C=O) groups excluding carboxylic acids is 2. The van der Waals surface area contributed by atoms with Crippen LogP contribution in [0.5, 0.6) is 5.75 Å². The molecule has 0 saturated heterocycles. The second kappa shape index (κ2) is 13.7. The minimum absolute atomic E-state index is 0.0831. The molecule has 13 heteroatoms. The van der Waals surface area contributed by atoms with Gasteiger partial charge in [-0.2, -0.15) is 0 Å². The van der Waals surface area contributed by atoms with Crippen LogP contribution in [0.2, 0.25) is 5.02 Å². The number of hydrogen-bond acceptors (Lipinski definition) is 5. The van der Waals surface area contributed by atoms with Gasteiger partial charge in [0.25, 0.3) is 11.5 Å². The normalized spacial score (nSPS) is 11.9. The van der Waals surface area contributed by atoms with E-state index in [1.165, 1.54) is 0 Å². The van der Waals surface area contributed by atoms with Crippen LogP contribution in [0.15, 0.2) is 53.3 Å². The van der Waals surface area contributed by atoms with Crippen LogP contribution in [0.1, 0.15) is 43.2 Å². The Morgan fingerprint density at radius 3 is 2.33 bits per heavy atom. The van der Waals surface area contributed by atoms with Crippen molar-refractivity contribution in [2.24, 2.45) is 5.41 Å². The molecule has 0 spiro atoms. The van der Waals surface area contributed by atoms with Crippen molar-refractivity contribution < 1.29 is 14.3 Å². The van der Waals surface area contributed by atoms with Crippen LogP contribution < -0.4 is 20.9 Å². The molecule has 0 aliphatic heterocycles. The van der Waals surface area contributed by atoms with Crippen LogP contribution >= 0.6 is 11.6 Å². The number of para-hydroxylation sites is 1. The summed E-state index contributed by atoms with van der Waals surface area (Å²) in [6.45, 7) is 6.96. The van der Waals surface area contributed by atoms with E-state index in [2.05, 4.69) is 10.6 Å². The minimum Gasteiger partial charge on any atom is -0.493 e. The number of nitrogens with one attached hydrogen (secondary N) is 2. The number of amides is 2. The van der Waals surface area contributed by atoms with E-state index >= 15 is 0 Å². The molecule has 9 nitrogen and oxygen atoms in total. The average molecular weight is 592 g/mol. The summed E-state index contributed by atoms with van der Waals surface area (Å²) >= 11 is 6.12. The monoisotopic (exact) mass is 591 g/mol. The maximum absolute atomic E-state index is 13.9. The molecule has 0 saturated carbocycles. The number of hydrogen-bond donors (Lipinski definition) is 2. The summed E-state index contributed by atoms with van der Waals surface area (Å²) in [5.41, 5.74) is 1.20. The number of halogens is 1. The van der Waals surface area contributed by atoms with Crippen LogP contribution in [0.25, 0.3) is 5.69 Å². The van der Waals surface area contributed by atoms with E-state index in [9.17, 15) is 14.4 Å². The van der Waals surface area contributed by atoms with Crippen LogP contribution in [-0.2, 0) is 16.5 Å². The van der Waals surface area contributed by atoms with Crippen molar-refractivity contribution in [1.82, 2.24) is 19.6 Å². The van der Waals surface area contributed by atoms with Gasteiger partial charge in [0, 0.05) is 31.0 Å². The molecule has 2 amide bonds. The zero-order valence-electron chi connectivity index (χ0n) is 26.0. The Hall–Kier alpha value is -3.37. The highest BCUT2D eigenvalue weighted by molar-refractivity contribution is 6.56. The summed E-state index contributed by atoms with van der Waals surface area (Å²) in [4.78, 5) is 42.4. The first-order valence-corrected chi connectivity index (χ1v) is 14.6. The number of anilines is 1. The van der Waals surface area contributed by atoms with Gasteiger partial charge in [-0.3, -0.25) is 19.1 Å². The minimum atomic E-state index is -0.612. The van der Waals surface area contributed by atoms with Gasteiger partial charge in [-0.15, -0.1) is 0 Å². The molecule has 0 aliphatic rings. The highest BCUT2D eigenvalue weighted by Gasteiger charge is 2.30. The Labute approximate surface area is 256 Å². The van der Waals surface area contributed by atoms with Crippen LogP contribution in [0, 0.1) is 5.41 Å². The molecule has 3 aromatic rings. The van der Waals surface area contributed by atoms with Crippen molar-refractivity contribution >= 4 is 52.6 Å². The van der Waals surface area contributed by atoms with E-state index in [1.54, 1.807) is 22.9 Å². The van der Waals surface area contributed by atoms with Crippen molar-refractivity contribution in [1.29, 1.82) is 0 Å². The second-order valence-electron chi connectivity index (χ2n) is 12.5. The standard InChI is InChI=1S/C29H41B3ClN5O4/c1-6-42-23-13-12-19(33)16-21(23)26(40)34-18-28(2,3)17-24(39)35-25-22(14-15-36(4)5)38(29(30,31)32)37(27(25)41)20-10-8-7-9-11-20/h7-13,16H,6,14-15,17-18,30-32H2,1-5H3,(H,34,40)(H,35,39). The molecule has 0 bridgehead atoms. The average Bonchev–Trinajstić information content (AvgIpc) is 3.18. The lowest BCUT2D eigenvalue weighted by molar-refractivity contribution is -0.118. The number of rotatable bonds is 13. The fourth-order valence-corrected chi connectivity index (χ4v) is 4.97. The van der Waals surface area contributed by atoms with Crippen molar-refractivity contribution in [3.8, 4) is 11.4 Å². The molecule has 3 rings (SSSR count). The molecular weight excluding hydrogens is 550 g/mol. The van der Waals surface area contributed by atoms with Crippen molar-refractivity contribution in [3.63, 3.8) is 0 Å². The topological polar surface area (TPSA) is 97.6 Å². The van der Waals surface area contributed by atoms with Crippen molar-refractivity contribution in [2.75, 3.05) is 39.1 Å². The highest BCUT2D eigenvalue weighted by Crippen LogP contribution is 2.26. The SMILES string of the molecule is BC(B)(B)n1c(CCN(C)C)c(NC(=O)CC(C)(C)CNC(=O)c2cc(Cl)ccc2OCC)c(=O)n1-c1ccccc1. The number of ether oxygens (including phenoxy) is 1. The lowest BCUT2D eigenvalue weighted by Crippen LogP contribution is -2.42. The summed E-state index contributed by atoms with van der Waals surface area (Å²) in [5.74, 6) is -0.201. The van der Waals surface area contributed by atoms with Gasteiger partial charge >= 0.3 is 0 Å². The Balaban J connectivity index is 1.87. The van der Waals surface area contributed by atoms with Gasteiger partial charge in [0.05, 0.1) is 23.6 Å². The molecule has 222 valence electrons. The molecular formula is C29H41B3ClN5O4. The van der Waals surface area contributed by atoms with Gasteiger partial charge in [-0.25, -0.2) is 4.68 Å². The lowest BCUT2D eigenvalue weighted by Gasteiger charge is -2.29. The van der Waals surface area contributed by atoms with E-state index in [4.69, 9.17) is 16.3 Å². The maximum atomic E-state index is 13.9. The molecule has 2 aromatic carbocycles. The fourth-order valence-electron chi connectivity index (χ4n) is 4.80. The predicted molar refractivity (Wildman–Crippen MR) is 178 cm³/mol. The molecule has 0 aliphatic carbocycles. The highest BCUT2D eigenvalue weighted by atomic mass is 35.5. The zero-order chi connectivity index (χ0) is 31.2. The Morgan fingerprint density at radius 1 is 1.07 bits per heavy atom. The van der Waals surface area contributed by atoms with Gasteiger partial charge in [-0.05, 0) is 62.0 Å². The van der Waals surface area contributed by atoms with Crippen LogP contribution in [-0.4, -0.2) is 83.4 Å². The van der Waals surface area contributed by atoms with E-state index < -0.39 is 10.7 Å². The molecule has 0 unspecified atom stereocenters. The van der Waals surface area contributed by atoms with Crippen LogP contribution in [0.4, 0.5) is 5.69 Å². The third kappa shape index (κ3) is 8.35. The van der Waals surface area contributed by atoms with E-state index in [0.717, 1.165) is 11.4 Å². The maximum Gasteiger partial charge on any atom is 0.295 e. The van der Waals surface area contributed by atoms with Crippen LogP contribution in [0.3, 0.4) is 0 Å². The number of nitrogens with zero attached hydrogens (tertiary/aromatic N) is 3. The molecule has 42 heavy (non-hydrogen) atoms. The molecule has 0 radical (unpaired) electrons. The van der Waals surface area contributed by atoms with Gasteiger partial charge in [-0.1, -0.05) is 43.6 Å². The fraction of sp³-hybridized carbons (Fsp3) is 0.414. The molecule has 1 aromatic heterocycles. The zero-order valence-corrected chi connectivity index (χ0v) is 26.8. The molecule has 0 fully saturated rings. The van der Waals surface area contributed by atoms with Crippen molar-refractivity contribution in [2.45, 2.75) is 38.8 Å². The van der Waals surface area contributed by atoms with E-state index in [-0.39, 0.29) is 36.0 Å². The number of carbonyl (C=O) groups is 2. The quantitative estimate of drug-likeness (QED) is 0.290.